The first kappa shape index (κ1) is 14.4. The summed E-state index contributed by atoms with van der Waals surface area (Å²) < 4.78 is 2.71. The number of fused-ring (bicyclic) bond motifs is 6. The summed E-state index contributed by atoms with van der Waals surface area (Å²) >= 11 is 3.65. The topological polar surface area (TPSA) is 41.6 Å². The summed E-state index contributed by atoms with van der Waals surface area (Å²) in [5.74, 6) is 0.895. The Morgan fingerprint density at radius 1 is 0.923 bits per heavy atom. The minimum atomic E-state index is 0.776. The zero-order chi connectivity index (χ0) is 17.3. The molecule has 124 valence electrons. The average Bonchev–Trinajstić information content (AvgIpc) is 3.36. The van der Waals surface area contributed by atoms with Crippen molar-refractivity contribution in [2.24, 2.45) is 0 Å². The number of nitrogens with zero attached hydrogens (tertiary/aromatic N) is 2. The molecule has 6 aromatic rings. The Morgan fingerprint density at radius 2 is 1.77 bits per heavy atom. The van der Waals surface area contributed by atoms with Crippen molar-refractivity contribution in [2.45, 2.75) is 6.92 Å². The number of rotatable bonds is 1. The number of aryl methyl sites for hydroxylation is 1. The van der Waals surface area contributed by atoms with Crippen LogP contribution in [0.25, 0.3) is 52.5 Å². The first-order valence-corrected chi connectivity index (χ1v) is 10.1. The van der Waals surface area contributed by atoms with E-state index in [1.807, 2.05) is 35.8 Å². The van der Waals surface area contributed by atoms with Gasteiger partial charge in [-0.1, -0.05) is 24.3 Å². The van der Waals surface area contributed by atoms with Crippen molar-refractivity contribution in [2.75, 3.05) is 0 Å². The molecule has 4 heterocycles. The van der Waals surface area contributed by atoms with Gasteiger partial charge in [0.15, 0.2) is 5.65 Å². The third-order valence-electron chi connectivity index (χ3n) is 4.84. The molecule has 0 saturated heterocycles. The molecule has 26 heavy (non-hydrogen) atoms. The second kappa shape index (κ2) is 5.13. The molecule has 4 aromatic heterocycles. The first-order chi connectivity index (χ1) is 12.8. The van der Waals surface area contributed by atoms with Crippen molar-refractivity contribution in [3.8, 4) is 10.4 Å². The molecule has 5 heteroatoms. The highest BCUT2D eigenvalue weighted by molar-refractivity contribution is 7.23. The summed E-state index contributed by atoms with van der Waals surface area (Å²) in [6.45, 7) is 1.96. The van der Waals surface area contributed by atoms with Crippen LogP contribution in [0.15, 0.2) is 54.0 Å². The number of pyridine rings is 1. The molecule has 0 spiro atoms. The number of H-pyrrole nitrogens is 1. The predicted molar refractivity (Wildman–Crippen MR) is 112 cm³/mol. The van der Waals surface area contributed by atoms with Crippen LogP contribution in [0.5, 0.6) is 0 Å². The van der Waals surface area contributed by atoms with Gasteiger partial charge in [0.1, 0.15) is 5.82 Å². The Labute approximate surface area is 157 Å². The quantitative estimate of drug-likeness (QED) is 0.358. The van der Waals surface area contributed by atoms with Crippen LogP contribution >= 0.6 is 22.7 Å². The highest BCUT2D eigenvalue weighted by Crippen LogP contribution is 2.40. The van der Waals surface area contributed by atoms with E-state index in [1.165, 1.54) is 35.8 Å². The molecule has 6 rings (SSSR count). The highest BCUT2D eigenvalue weighted by Gasteiger charge is 2.11. The lowest BCUT2D eigenvalue weighted by Crippen LogP contribution is -1.79. The third kappa shape index (κ3) is 1.98. The molecule has 0 aliphatic heterocycles. The van der Waals surface area contributed by atoms with E-state index in [2.05, 4.69) is 62.8 Å². The molecule has 0 unspecified atom stereocenters. The number of aromatic nitrogens is 3. The highest BCUT2D eigenvalue weighted by atomic mass is 32.1. The smallest absolute Gasteiger partial charge is 0.177 e. The molecule has 0 saturated carbocycles. The number of nitrogens with one attached hydrogen (secondary N) is 1. The minimum absolute atomic E-state index is 0.776. The van der Waals surface area contributed by atoms with E-state index in [4.69, 9.17) is 0 Å². The fourth-order valence-electron chi connectivity index (χ4n) is 3.63. The molecule has 0 aliphatic rings. The second-order valence-corrected chi connectivity index (χ2v) is 8.48. The number of aromatic amines is 1. The van der Waals surface area contributed by atoms with Gasteiger partial charge < -0.3 is 4.98 Å². The summed E-state index contributed by atoms with van der Waals surface area (Å²) in [6, 6.07) is 15.6. The Balaban J connectivity index is 1.62. The maximum absolute atomic E-state index is 4.51. The van der Waals surface area contributed by atoms with Crippen molar-refractivity contribution in [1.29, 1.82) is 0 Å². The molecule has 0 amide bonds. The van der Waals surface area contributed by atoms with Crippen molar-refractivity contribution in [3.63, 3.8) is 0 Å². The van der Waals surface area contributed by atoms with Crippen LogP contribution in [0.1, 0.15) is 5.82 Å². The maximum Gasteiger partial charge on any atom is 0.177 e. The molecular formula is C21H13N3S2. The van der Waals surface area contributed by atoms with Crippen LogP contribution in [-0.4, -0.2) is 15.0 Å². The van der Waals surface area contributed by atoms with Crippen molar-refractivity contribution in [3.05, 3.63) is 59.9 Å². The van der Waals surface area contributed by atoms with Gasteiger partial charge in [-0.05, 0) is 41.3 Å². The summed E-state index contributed by atoms with van der Waals surface area (Å²) in [6.07, 6.45) is 1.92. The Kier molecular flexibility index (Phi) is 2.84. The van der Waals surface area contributed by atoms with Gasteiger partial charge in [0.05, 0.1) is 5.52 Å². The van der Waals surface area contributed by atoms with E-state index in [0.717, 1.165) is 22.6 Å². The predicted octanol–water partition coefficient (Wildman–Crippen LogP) is 6.52. The number of hydrogen-bond acceptors (Lipinski definition) is 4. The van der Waals surface area contributed by atoms with Crippen molar-refractivity contribution >= 4 is 64.8 Å². The van der Waals surface area contributed by atoms with E-state index in [9.17, 15) is 0 Å². The summed E-state index contributed by atoms with van der Waals surface area (Å²) in [5.41, 5.74) is 2.90. The van der Waals surface area contributed by atoms with Gasteiger partial charge in [-0.3, -0.25) is 0 Å². The molecule has 0 atom stereocenters. The van der Waals surface area contributed by atoms with Crippen LogP contribution in [0, 0.1) is 6.92 Å². The minimum Gasteiger partial charge on any atom is -0.341 e. The van der Waals surface area contributed by atoms with Gasteiger partial charge in [0.25, 0.3) is 0 Å². The van der Waals surface area contributed by atoms with Gasteiger partial charge >= 0.3 is 0 Å². The maximum atomic E-state index is 4.51. The van der Waals surface area contributed by atoms with Crippen LogP contribution in [0.2, 0.25) is 0 Å². The zero-order valence-electron chi connectivity index (χ0n) is 13.9. The second-order valence-electron chi connectivity index (χ2n) is 6.51. The van der Waals surface area contributed by atoms with Crippen LogP contribution in [0.3, 0.4) is 0 Å². The third-order valence-corrected chi connectivity index (χ3v) is 7.03. The van der Waals surface area contributed by atoms with Gasteiger partial charge in [0.2, 0.25) is 0 Å². The fraction of sp³-hybridized carbons (Fsp3) is 0.0476. The fourth-order valence-corrected chi connectivity index (χ4v) is 5.72. The van der Waals surface area contributed by atoms with Gasteiger partial charge in [0, 0.05) is 36.8 Å². The zero-order valence-corrected chi connectivity index (χ0v) is 15.5. The lowest BCUT2D eigenvalue weighted by Gasteiger charge is -2.01. The molecule has 0 fully saturated rings. The summed E-state index contributed by atoms with van der Waals surface area (Å²) in [7, 11) is 0. The van der Waals surface area contributed by atoms with E-state index >= 15 is 0 Å². The number of imidazole rings is 1. The number of benzene rings is 2. The van der Waals surface area contributed by atoms with E-state index in [-0.39, 0.29) is 0 Å². The molecule has 1 N–H and O–H groups in total. The lowest BCUT2D eigenvalue weighted by molar-refractivity contribution is 1.16. The molecule has 2 aromatic carbocycles. The van der Waals surface area contributed by atoms with E-state index in [0.29, 0.717) is 0 Å². The van der Waals surface area contributed by atoms with E-state index in [1.54, 1.807) is 0 Å². The largest absolute Gasteiger partial charge is 0.341 e. The molecule has 0 bridgehead atoms. The number of hydrogen-bond donors (Lipinski definition) is 1. The average molecular weight is 371 g/mol. The molecule has 0 radical (unpaired) electrons. The molecular weight excluding hydrogens is 358 g/mol. The number of thiophene rings is 2. The van der Waals surface area contributed by atoms with Crippen LogP contribution in [0.4, 0.5) is 0 Å². The van der Waals surface area contributed by atoms with E-state index < -0.39 is 0 Å². The summed E-state index contributed by atoms with van der Waals surface area (Å²) in [4.78, 5) is 13.4. The molecule has 3 nitrogen and oxygen atoms in total. The monoisotopic (exact) mass is 371 g/mol. The van der Waals surface area contributed by atoms with Gasteiger partial charge in [-0.15, -0.1) is 22.7 Å². The van der Waals surface area contributed by atoms with Crippen molar-refractivity contribution in [1.82, 2.24) is 15.0 Å². The normalized spacial score (nSPS) is 12.0. The van der Waals surface area contributed by atoms with Crippen LogP contribution < -0.4 is 0 Å². The Bertz CT molecular complexity index is 1450. The first-order valence-electron chi connectivity index (χ1n) is 8.41. The molecule has 0 aliphatic carbocycles. The Morgan fingerprint density at radius 3 is 2.69 bits per heavy atom. The van der Waals surface area contributed by atoms with Gasteiger partial charge in [-0.25, -0.2) is 9.97 Å². The van der Waals surface area contributed by atoms with Crippen molar-refractivity contribution < 1.29 is 0 Å². The van der Waals surface area contributed by atoms with Gasteiger partial charge in [-0.2, -0.15) is 0 Å². The summed E-state index contributed by atoms with van der Waals surface area (Å²) in [5, 5.41) is 7.45. The standard InChI is InChI=1S/C21H13N3S2/c1-11-23-17-8-14(10-22-21(17)24-11)18-9-13-3-5-15-16(20(13)26-18)4-2-12-6-7-25-19(12)15/h2-10H,1H3,(H,22,23,24). The lowest BCUT2D eigenvalue weighted by atomic mass is 10.1. The SMILES string of the molecule is Cc1nc2ncc(-c3cc4ccc5c(ccc6ccsc65)c4s3)cc2[nH]1. The Hall–Kier alpha value is -2.76. The van der Waals surface area contributed by atoms with Crippen LogP contribution in [-0.2, 0) is 0 Å².